The summed E-state index contributed by atoms with van der Waals surface area (Å²) < 4.78 is 2.29. The number of para-hydroxylation sites is 1. The highest BCUT2D eigenvalue weighted by Crippen LogP contribution is 2.40. The van der Waals surface area contributed by atoms with E-state index in [4.69, 9.17) is 0 Å². The van der Waals surface area contributed by atoms with Crippen molar-refractivity contribution >= 4 is 10.9 Å². The van der Waals surface area contributed by atoms with Gasteiger partial charge in [-0.15, -0.1) is 0 Å². The Kier molecular flexibility index (Phi) is 2.28. The van der Waals surface area contributed by atoms with E-state index in [9.17, 15) is 0 Å². The summed E-state index contributed by atoms with van der Waals surface area (Å²) in [6.07, 6.45) is 7.77. The molecular weight excluding hydrogens is 220 g/mol. The Morgan fingerprint density at radius 2 is 1.83 bits per heavy atom. The number of hydrogen-bond donors (Lipinski definition) is 1. The number of piperidine rings is 1. The highest BCUT2D eigenvalue weighted by Gasteiger charge is 2.34. The molecule has 2 heteroatoms. The molecule has 1 aromatic heterocycles. The average Bonchev–Trinajstić information content (AvgIpc) is 2.91. The van der Waals surface area contributed by atoms with Crippen molar-refractivity contribution in [3.63, 3.8) is 0 Å². The fourth-order valence-electron chi connectivity index (χ4n) is 4.01. The zero-order chi connectivity index (χ0) is 12.1. The van der Waals surface area contributed by atoms with Crippen LogP contribution >= 0.6 is 0 Å². The molecule has 0 saturated carbocycles. The minimum Gasteiger partial charge on any atom is -0.350 e. The van der Waals surface area contributed by atoms with Crippen molar-refractivity contribution in [1.29, 1.82) is 0 Å². The van der Waals surface area contributed by atoms with Crippen LogP contribution < -0.4 is 5.32 Å². The molecule has 2 nitrogen and oxygen atoms in total. The molecule has 1 aromatic carbocycles. The number of rotatable bonds is 1. The van der Waals surface area contributed by atoms with Crippen LogP contribution in [0.5, 0.6) is 0 Å². The number of nitrogens with zero attached hydrogens (tertiary/aromatic N) is 1. The van der Waals surface area contributed by atoms with Gasteiger partial charge in [0.2, 0.25) is 0 Å². The third-order valence-electron chi connectivity index (χ3n) is 4.84. The van der Waals surface area contributed by atoms with Gasteiger partial charge in [-0.2, -0.15) is 0 Å². The van der Waals surface area contributed by atoms with Gasteiger partial charge in [-0.3, -0.25) is 0 Å². The van der Waals surface area contributed by atoms with Crippen molar-refractivity contribution < 1.29 is 0 Å². The van der Waals surface area contributed by atoms with Crippen LogP contribution in [-0.2, 0) is 7.05 Å². The number of aromatic nitrogens is 1. The Morgan fingerprint density at radius 1 is 1.11 bits per heavy atom. The molecule has 2 fully saturated rings. The van der Waals surface area contributed by atoms with Crippen LogP contribution in [0.15, 0.2) is 30.5 Å². The summed E-state index contributed by atoms with van der Waals surface area (Å²) in [7, 11) is 2.17. The monoisotopic (exact) mass is 240 g/mol. The molecule has 2 atom stereocenters. The molecular formula is C16H20N2. The van der Waals surface area contributed by atoms with Crippen molar-refractivity contribution in [2.75, 3.05) is 0 Å². The summed E-state index contributed by atoms with van der Waals surface area (Å²) in [4.78, 5) is 0. The van der Waals surface area contributed by atoms with Gasteiger partial charge in [0.1, 0.15) is 0 Å². The standard InChI is InChI=1S/C16H20N2/c1-18-10-15(14-4-2-3-5-16(14)18)11-8-12-6-7-13(9-11)17-12/h2-5,10-13,17H,6-9H2,1H3. The van der Waals surface area contributed by atoms with E-state index in [1.54, 1.807) is 5.56 Å². The normalized spacial score (nSPS) is 31.1. The minimum absolute atomic E-state index is 0.759. The molecule has 2 bridgehead atoms. The lowest BCUT2D eigenvalue weighted by atomic mass is 9.86. The van der Waals surface area contributed by atoms with E-state index in [1.807, 2.05) is 0 Å². The van der Waals surface area contributed by atoms with Crippen LogP contribution in [-0.4, -0.2) is 16.7 Å². The molecule has 1 N–H and O–H groups in total. The molecule has 0 amide bonds. The third-order valence-corrected chi connectivity index (χ3v) is 4.84. The molecule has 0 radical (unpaired) electrons. The Labute approximate surface area is 108 Å². The van der Waals surface area contributed by atoms with Crippen LogP contribution in [0.4, 0.5) is 0 Å². The molecule has 94 valence electrons. The lowest BCUT2D eigenvalue weighted by Gasteiger charge is -2.29. The molecule has 3 heterocycles. The second kappa shape index (κ2) is 3.86. The zero-order valence-corrected chi connectivity index (χ0v) is 10.9. The highest BCUT2D eigenvalue weighted by molar-refractivity contribution is 5.84. The number of hydrogen-bond acceptors (Lipinski definition) is 1. The molecule has 2 aliphatic rings. The molecule has 0 spiro atoms. The zero-order valence-electron chi connectivity index (χ0n) is 10.9. The van der Waals surface area contributed by atoms with Gasteiger partial charge in [0.25, 0.3) is 0 Å². The fraction of sp³-hybridized carbons (Fsp3) is 0.500. The maximum absolute atomic E-state index is 3.74. The van der Waals surface area contributed by atoms with E-state index in [0.717, 1.165) is 18.0 Å². The smallest absolute Gasteiger partial charge is 0.0480 e. The summed E-state index contributed by atoms with van der Waals surface area (Å²) in [5.74, 6) is 0.759. The van der Waals surface area contributed by atoms with Gasteiger partial charge >= 0.3 is 0 Å². The number of aryl methyl sites for hydroxylation is 1. The maximum Gasteiger partial charge on any atom is 0.0480 e. The van der Waals surface area contributed by atoms with Gasteiger partial charge in [0.15, 0.2) is 0 Å². The third kappa shape index (κ3) is 1.52. The van der Waals surface area contributed by atoms with E-state index in [2.05, 4.69) is 47.4 Å². The van der Waals surface area contributed by atoms with E-state index >= 15 is 0 Å². The van der Waals surface area contributed by atoms with E-state index in [1.165, 1.54) is 36.6 Å². The van der Waals surface area contributed by atoms with Crippen molar-refractivity contribution in [3.05, 3.63) is 36.0 Å². The van der Waals surface area contributed by atoms with Gasteiger partial charge in [0.05, 0.1) is 0 Å². The first-order chi connectivity index (χ1) is 8.81. The van der Waals surface area contributed by atoms with Crippen LogP contribution in [0.25, 0.3) is 10.9 Å². The summed E-state index contributed by atoms with van der Waals surface area (Å²) in [6.45, 7) is 0. The number of benzene rings is 1. The van der Waals surface area contributed by atoms with Gasteiger partial charge in [-0.05, 0) is 43.2 Å². The number of nitrogens with one attached hydrogen (secondary N) is 1. The van der Waals surface area contributed by atoms with Crippen molar-refractivity contribution in [1.82, 2.24) is 9.88 Å². The molecule has 2 saturated heterocycles. The Bertz CT molecular complexity index is 572. The quantitative estimate of drug-likeness (QED) is 0.810. The Hall–Kier alpha value is -1.28. The van der Waals surface area contributed by atoms with Crippen LogP contribution in [0, 0.1) is 0 Å². The molecule has 4 rings (SSSR count). The SMILES string of the molecule is Cn1cc(C2CC3CCC(C2)N3)c2ccccc21. The maximum atomic E-state index is 3.74. The highest BCUT2D eigenvalue weighted by atomic mass is 15.0. The molecule has 2 unspecified atom stereocenters. The lowest BCUT2D eigenvalue weighted by Crippen LogP contribution is -2.37. The van der Waals surface area contributed by atoms with E-state index in [0.29, 0.717) is 0 Å². The number of fused-ring (bicyclic) bond motifs is 3. The van der Waals surface area contributed by atoms with E-state index < -0.39 is 0 Å². The first-order valence-corrected chi connectivity index (χ1v) is 7.11. The average molecular weight is 240 g/mol. The minimum atomic E-state index is 0.759. The van der Waals surface area contributed by atoms with Crippen LogP contribution in [0.1, 0.15) is 37.2 Å². The second-order valence-electron chi connectivity index (χ2n) is 6.02. The van der Waals surface area contributed by atoms with Crippen LogP contribution in [0.2, 0.25) is 0 Å². The van der Waals surface area contributed by atoms with Gasteiger partial charge < -0.3 is 9.88 Å². The molecule has 2 aliphatic heterocycles. The first kappa shape index (κ1) is 10.6. The molecule has 18 heavy (non-hydrogen) atoms. The fourth-order valence-corrected chi connectivity index (χ4v) is 4.01. The van der Waals surface area contributed by atoms with Gasteiger partial charge in [0, 0.05) is 36.2 Å². The van der Waals surface area contributed by atoms with Crippen LogP contribution in [0.3, 0.4) is 0 Å². The Morgan fingerprint density at radius 3 is 2.61 bits per heavy atom. The summed E-state index contributed by atoms with van der Waals surface area (Å²) in [6, 6.07) is 10.4. The molecule has 2 aromatic rings. The lowest BCUT2D eigenvalue weighted by molar-refractivity contribution is 0.364. The largest absolute Gasteiger partial charge is 0.350 e. The van der Waals surface area contributed by atoms with Gasteiger partial charge in [-0.25, -0.2) is 0 Å². The summed E-state index contributed by atoms with van der Waals surface area (Å²) in [5, 5.41) is 5.20. The predicted molar refractivity (Wildman–Crippen MR) is 74.8 cm³/mol. The topological polar surface area (TPSA) is 17.0 Å². The Balaban J connectivity index is 1.78. The molecule has 0 aliphatic carbocycles. The predicted octanol–water partition coefficient (Wildman–Crippen LogP) is 3.18. The van der Waals surface area contributed by atoms with E-state index in [-0.39, 0.29) is 0 Å². The first-order valence-electron chi connectivity index (χ1n) is 7.11. The summed E-state index contributed by atoms with van der Waals surface area (Å²) >= 11 is 0. The van der Waals surface area contributed by atoms with Gasteiger partial charge in [-0.1, -0.05) is 18.2 Å². The van der Waals surface area contributed by atoms with Crippen molar-refractivity contribution in [2.45, 2.75) is 43.7 Å². The van der Waals surface area contributed by atoms with Crippen molar-refractivity contribution in [2.24, 2.45) is 7.05 Å². The summed E-state index contributed by atoms with van der Waals surface area (Å²) in [5.41, 5.74) is 2.95. The van der Waals surface area contributed by atoms with Crippen molar-refractivity contribution in [3.8, 4) is 0 Å². The second-order valence-corrected chi connectivity index (χ2v) is 6.02.